The maximum absolute atomic E-state index is 13.0. The molecule has 0 radical (unpaired) electrons. The van der Waals surface area contributed by atoms with Gasteiger partial charge in [-0.25, -0.2) is 9.97 Å². The summed E-state index contributed by atoms with van der Waals surface area (Å²) >= 11 is 0. The third-order valence-corrected chi connectivity index (χ3v) is 6.09. The molecule has 4 heterocycles. The highest BCUT2D eigenvalue weighted by atomic mass is 16.2. The summed E-state index contributed by atoms with van der Waals surface area (Å²) in [5, 5.41) is 4.27. The van der Waals surface area contributed by atoms with Gasteiger partial charge in [-0.1, -0.05) is 0 Å². The first-order valence-corrected chi connectivity index (χ1v) is 10.3. The Morgan fingerprint density at radius 1 is 1.24 bits per heavy atom. The first kappa shape index (κ1) is 19.5. The van der Waals surface area contributed by atoms with Gasteiger partial charge in [0.05, 0.1) is 5.69 Å². The zero-order valence-corrected chi connectivity index (χ0v) is 17.3. The normalized spacial score (nSPS) is 20.3. The van der Waals surface area contributed by atoms with Crippen molar-refractivity contribution in [1.82, 2.24) is 29.5 Å². The molecule has 2 aromatic heterocycles. The zero-order valence-electron chi connectivity index (χ0n) is 17.3. The number of hydrogen-bond acceptors (Lipinski definition) is 5. The quantitative estimate of drug-likeness (QED) is 0.791. The van der Waals surface area contributed by atoms with E-state index in [1.54, 1.807) is 17.8 Å². The molecule has 2 aliphatic rings. The fourth-order valence-electron chi connectivity index (χ4n) is 4.35. The number of piperidine rings is 1. The van der Waals surface area contributed by atoms with Gasteiger partial charge in [0, 0.05) is 69.1 Å². The number of carbonyl (C=O) groups is 2. The molecule has 4 rings (SSSR count). The van der Waals surface area contributed by atoms with Crippen molar-refractivity contribution in [3.63, 3.8) is 0 Å². The molecule has 0 bridgehead atoms. The number of aromatic nitrogens is 4. The zero-order chi connectivity index (χ0) is 20.5. The van der Waals surface area contributed by atoms with Gasteiger partial charge in [0.15, 0.2) is 0 Å². The Kier molecular flexibility index (Phi) is 5.34. The van der Waals surface area contributed by atoms with E-state index in [9.17, 15) is 9.59 Å². The first-order valence-electron chi connectivity index (χ1n) is 10.3. The molecule has 0 aliphatic carbocycles. The van der Waals surface area contributed by atoms with Crippen molar-refractivity contribution in [3.8, 4) is 0 Å². The predicted octanol–water partition coefficient (Wildman–Crippen LogP) is 1.85. The number of amides is 2. The van der Waals surface area contributed by atoms with Crippen LogP contribution in [0, 0.1) is 6.92 Å². The lowest BCUT2D eigenvalue weighted by Gasteiger charge is -2.33. The Morgan fingerprint density at radius 3 is 2.79 bits per heavy atom. The summed E-state index contributed by atoms with van der Waals surface area (Å²) in [7, 11) is 0. The van der Waals surface area contributed by atoms with Gasteiger partial charge < -0.3 is 9.80 Å². The van der Waals surface area contributed by atoms with E-state index >= 15 is 0 Å². The van der Waals surface area contributed by atoms with Crippen molar-refractivity contribution in [2.24, 2.45) is 0 Å². The van der Waals surface area contributed by atoms with Gasteiger partial charge in [-0.3, -0.25) is 14.3 Å². The Bertz CT molecular complexity index is 924. The summed E-state index contributed by atoms with van der Waals surface area (Å²) in [6.45, 7) is 8.16. The molecule has 0 saturated carbocycles. The summed E-state index contributed by atoms with van der Waals surface area (Å²) in [6.07, 6.45) is 6.31. The van der Waals surface area contributed by atoms with Gasteiger partial charge in [0.25, 0.3) is 0 Å². The number of nitrogens with zero attached hydrogens (tertiary/aromatic N) is 6. The van der Waals surface area contributed by atoms with Crippen LogP contribution >= 0.6 is 0 Å². The monoisotopic (exact) mass is 396 g/mol. The van der Waals surface area contributed by atoms with Crippen LogP contribution in [-0.4, -0.2) is 61.0 Å². The minimum Gasteiger partial charge on any atom is -0.342 e. The highest BCUT2D eigenvalue weighted by Gasteiger charge is 2.29. The molecule has 0 aromatic carbocycles. The smallest absolute Gasteiger partial charge is 0.247 e. The van der Waals surface area contributed by atoms with E-state index in [0.29, 0.717) is 19.6 Å². The number of rotatable bonds is 3. The predicted molar refractivity (Wildman–Crippen MR) is 107 cm³/mol. The van der Waals surface area contributed by atoms with Crippen LogP contribution < -0.4 is 0 Å². The third-order valence-electron chi connectivity index (χ3n) is 6.09. The van der Waals surface area contributed by atoms with Gasteiger partial charge >= 0.3 is 0 Å². The molecule has 2 aromatic rings. The highest BCUT2D eigenvalue weighted by Crippen LogP contribution is 2.27. The Balaban J connectivity index is 1.46. The summed E-state index contributed by atoms with van der Waals surface area (Å²) in [4.78, 5) is 37.9. The van der Waals surface area contributed by atoms with Crippen LogP contribution in [0.3, 0.4) is 0 Å². The average molecular weight is 396 g/mol. The van der Waals surface area contributed by atoms with Crippen LogP contribution in [-0.2, 0) is 22.6 Å². The Labute approximate surface area is 170 Å². The van der Waals surface area contributed by atoms with Crippen LogP contribution in [0.1, 0.15) is 61.4 Å². The molecule has 8 nitrogen and oxygen atoms in total. The standard InChI is InChI=1S/C21H28N6O2/c1-14-6-8-23-27(14)15(2)21(29)26-10-7-19-18(13-26)11-22-20(24-19)17-5-4-9-25(12-17)16(3)28/h6,8,11,15,17H,4-5,7,9-10,12-13H2,1-3H3/t15-,17+/m1/s1. The van der Waals surface area contributed by atoms with Gasteiger partial charge in [-0.05, 0) is 32.8 Å². The van der Waals surface area contributed by atoms with Crippen molar-refractivity contribution in [3.05, 3.63) is 41.2 Å². The molecule has 2 atom stereocenters. The first-order chi connectivity index (χ1) is 13.9. The highest BCUT2D eigenvalue weighted by molar-refractivity contribution is 5.80. The minimum absolute atomic E-state index is 0.0657. The molecule has 0 spiro atoms. The molecular formula is C21H28N6O2. The maximum atomic E-state index is 13.0. The van der Waals surface area contributed by atoms with Crippen LogP contribution in [0.15, 0.2) is 18.5 Å². The Morgan fingerprint density at radius 2 is 2.07 bits per heavy atom. The molecule has 1 fully saturated rings. The largest absolute Gasteiger partial charge is 0.342 e. The van der Waals surface area contributed by atoms with E-state index in [0.717, 1.165) is 48.6 Å². The molecule has 0 N–H and O–H groups in total. The van der Waals surface area contributed by atoms with Gasteiger partial charge in [0.2, 0.25) is 11.8 Å². The van der Waals surface area contributed by atoms with E-state index in [2.05, 4.69) is 10.1 Å². The Hall–Kier alpha value is -2.77. The fourth-order valence-corrected chi connectivity index (χ4v) is 4.35. The molecule has 2 amide bonds. The second kappa shape index (κ2) is 7.93. The number of likely N-dealkylation sites (tertiary alicyclic amines) is 1. The van der Waals surface area contributed by atoms with Crippen molar-refractivity contribution in [2.45, 2.75) is 58.5 Å². The average Bonchev–Trinajstić information content (AvgIpc) is 3.17. The molecule has 0 unspecified atom stereocenters. The lowest BCUT2D eigenvalue weighted by Crippen LogP contribution is -2.41. The molecule has 8 heteroatoms. The molecule has 154 valence electrons. The third kappa shape index (κ3) is 3.88. The fraction of sp³-hybridized carbons (Fsp3) is 0.571. The second-order valence-corrected chi connectivity index (χ2v) is 8.11. The summed E-state index contributed by atoms with van der Waals surface area (Å²) in [5.41, 5.74) is 3.02. The van der Waals surface area contributed by atoms with E-state index in [1.165, 1.54) is 0 Å². The van der Waals surface area contributed by atoms with Crippen LogP contribution in [0.25, 0.3) is 0 Å². The maximum Gasteiger partial charge on any atom is 0.247 e. The molecular weight excluding hydrogens is 368 g/mol. The van der Waals surface area contributed by atoms with Crippen LogP contribution in [0.5, 0.6) is 0 Å². The second-order valence-electron chi connectivity index (χ2n) is 8.11. The van der Waals surface area contributed by atoms with E-state index in [1.807, 2.05) is 35.9 Å². The summed E-state index contributed by atoms with van der Waals surface area (Å²) in [6, 6.07) is 1.58. The SMILES string of the molecule is CC(=O)N1CCC[C@H](c2ncc3c(n2)CCN(C(=O)[C@@H](C)n2nccc2C)C3)C1. The number of carbonyl (C=O) groups excluding carboxylic acids is 2. The molecule has 1 saturated heterocycles. The van der Waals surface area contributed by atoms with Gasteiger partial charge in [-0.15, -0.1) is 0 Å². The molecule has 2 aliphatic heterocycles. The minimum atomic E-state index is -0.327. The van der Waals surface area contributed by atoms with Crippen LogP contribution in [0.2, 0.25) is 0 Å². The van der Waals surface area contributed by atoms with Crippen LogP contribution in [0.4, 0.5) is 0 Å². The van der Waals surface area contributed by atoms with E-state index < -0.39 is 0 Å². The summed E-state index contributed by atoms with van der Waals surface area (Å²) < 4.78 is 1.77. The number of hydrogen-bond donors (Lipinski definition) is 0. The lowest BCUT2D eigenvalue weighted by molar-refractivity contribution is -0.135. The van der Waals surface area contributed by atoms with Crippen molar-refractivity contribution >= 4 is 11.8 Å². The van der Waals surface area contributed by atoms with E-state index in [-0.39, 0.29) is 23.8 Å². The van der Waals surface area contributed by atoms with E-state index in [4.69, 9.17) is 4.98 Å². The van der Waals surface area contributed by atoms with Gasteiger partial charge in [-0.2, -0.15) is 5.10 Å². The van der Waals surface area contributed by atoms with Gasteiger partial charge in [0.1, 0.15) is 11.9 Å². The lowest BCUT2D eigenvalue weighted by atomic mass is 9.96. The van der Waals surface area contributed by atoms with Crippen molar-refractivity contribution < 1.29 is 9.59 Å². The van der Waals surface area contributed by atoms with Crippen molar-refractivity contribution in [1.29, 1.82) is 0 Å². The summed E-state index contributed by atoms with van der Waals surface area (Å²) in [5.74, 6) is 1.20. The topological polar surface area (TPSA) is 84.2 Å². The molecule has 29 heavy (non-hydrogen) atoms. The number of fused-ring (bicyclic) bond motifs is 1. The van der Waals surface area contributed by atoms with Crippen molar-refractivity contribution in [2.75, 3.05) is 19.6 Å². The number of aryl methyl sites for hydroxylation is 1.